The van der Waals surface area contributed by atoms with Crippen molar-refractivity contribution in [3.05, 3.63) is 35.9 Å². The first kappa shape index (κ1) is 22.7. The third-order valence-electron chi connectivity index (χ3n) is 5.20. The molecule has 1 heterocycles. The number of carboxylic acids is 2. The number of benzene rings is 1. The Kier molecular flexibility index (Phi) is 6.57. The molecule has 1 aliphatic rings. The van der Waals surface area contributed by atoms with E-state index in [4.69, 9.17) is 9.47 Å². The number of ether oxygens (including phenoxy) is 2. The zero-order chi connectivity index (χ0) is 21.9. The second kappa shape index (κ2) is 8.41. The summed E-state index contributed by atoms with van der Waals surface area (Å²) in [7, 11) is 0. The molecular formula is C21H29NO7. The number of aliphatic carboxylic acids is 2. The van der Waals surface area contributed by atoms with Gasteiger partial charge in [0.25, 0.3) is 0 Å². The maximum Gasteiger partial charge on any atom is 0.411 e. The summed E-state index contributed by atoms with van der Waals surface area (Å²) in [5.74, 6) is -2.45. The van der Waals surface area contributed by atoms with Gasteiger partial charge >= 0.3 is 18.0 Å². The number of hydrogen-bond donors (Lipinski definition) is 2. The average molecular weight is 407 g/mol. The fraction of sp³-hybridized carbons (Fsp3) is 0.571. The van der Waals surface area contributed by atoms with Crippen LogP contribution in [0.15, 0.2) is 30.3 Å². The van der Waals surface area contributed by atoms with Crippen LogP contribution in [0.2, 0.25) is 0 Å². The second-order valence-electron chi connectivity index (χ2n) is 8.50. The zero-order valence-corrected chi connectivity index (χ0v) is 17.3. The lowest BCUT2D eigenvalue weighted by Crippen LogP contribution is -2.57. The van der Waals surface area contributed by atoms with Crippen LogP contribution in [0, 0.1) is 5.41 Å². The first-order valence-corrected chi connectivity index (χ1v) is 9.55. The molecule has 0 aliphatic carbocycles. The smallest absolute Gasteiger partial charge is 0.411 e. The van der Waals surface area contributed by atoms with Crippen LogP contribution in [0.5, 0.6) is 0 Å². The van der Waals surface area contributed by atoms with E-state index in [0.717, 1.165) is 10.5 Å². The largest absolute Gasteiger partial charge is 0.481 e. The maximum atomic E-state index is 12.8. The summed E-state index contributed by atoms with van der Waals surface area (Å²) < 4.78 is 11.1. The molecule has 1 amide bonds. The van der Waals surface area contributed by atoms with Crippen LogP contribution >= 0.6 is 0 Å². The van der Waals surface area contributed by atoms with Crippen molar-refractivity contribution in [2.75, 3.05) is 13.2 Å². The summed E-state index contributed by atoms with van der Waals surface area (Å²) in [5, 5.41) is 19.9. The highest BCUT2D eigenvalue weighted by atomic mass is 16.6. The quantitative estimate of drug-likeness (QED) is 0.714. The van der Waals surface area contributed by atoms with Crippen molar-refractivity contribution in [3.63, 3.8) is 0 Å². The van der Waals surface area contributed by atoms with Crippen molar-refractivity contribution in [2.24, 2.45) is 5.41 Å². The molecule has 0 saturated carbocycles. The summed E-state index contributed by atoms with van der Waals surface area (Å²) in [6, 6.07) is 9.19. The van der Waals surface area contributed by atoms with Gasteiger partial charge in [0.05, 0.1) is 18.6 Å². The minimum absolute atomic E-state index is 0.143. The summed E-state index contributed by atoms with van der Waals surface area (Å²) in [5.41, 5.74) is -3.22. The topological polar surface area (TPSA) is 113 Å². The van der Waals surface area contributed by atoms with Crippen LogP contribution in [0.3, 0.4) is 0 Å². The molecule has 2 N–H and O–H groups in total. The minimum Gasteiger partial charge on any atom is -0.481 e. The normalized spacial score (nSPS) is 24.3. The van der Waals surface area contributed by atoms with E-state index < -0.39 is 34.6 Å². The molecule has 2 rings (SSSR count). The van der Waals surface area contributed by atoms with Crippen molar-refractivity contribution < 1.29 is 34.1 Å². The Hall–Kier alpha value is -2.61. The van der Waals surface area contributed by atoms with Gasteiger partial charge in [0.15, 0.2) is 5.54 Å². The van der Waals surface area contributed by atoms with Gasteiger partial charge in [-0.05, 0) is 32.8 Å². The van der Waals surface area contributed by atoms with Gasteiger partial charge in [0, 0.05) is 13.0 Å². The van der Waals surface area contributed by atoms with Crippen LogP contribution in [0.1, 0.15) is 46.1 Å². The molecule has 2 unspecified atom stereocenters. The molecule has 1 saturated heterocycles. The SMILES string of the molecule is CCC1(C(=O)O)CN(C(=O)OC(C)(C)C)C(COCc2ccccc2)(C(=O)O)C1. The maximum absolute atomic E-state index is 12.8. The Labute approximate surface area is 170 Å². The monoisotopic (exact) mass is 407 g/mol. The highest BCUT2D eigenvalue weighted by molar-refractivity contribution is 5.89. The Bertz CT molecular complexity index is 758. The molecule has 1 fully saturated rings. The van der Waals surface area contributed by atoms with Crippen molar-refractivity contribution in [1.29, 1.82) is 0 Å². The molecular weight excluding hydrogens is 378 g/mol. The van der Waals surface area contributed by atoms with Crippen LogP contribution in [0.25, 0.3) is 0 Å². The first-order chi connectivity index (χ1) is 13.5. The molecule has 160 valence electrons. The molecule has 2 atom stereocenters. The zero-order valence-electron chi connectivity index (χ0n) is 17.3. The van der Waals surface area contributed by atoms with E-state index in [1.165, 1.54) is 0 Å². The number of rotatable bonds is 7. The van der Waals surface area contributed by atoms with Gasteiger partial charge < -0.3 is 19.7 Å². The van der Waals surface area contributed by atoms with Gasteiger partial charge in [-0.15, -0.1) is 0 Å². The Morgan fingerprint density at radius 3 is 2.21 bits per heavy atom. The molecule has 1 aromatic carbocycles. The highest BCUT2D eigenvalue weighted by Crippen LogP contribution is 2.45. The van der Waals surface area contributed by atoms with E-state index >= 15 is 0 Å². The first-order valence-electron chi connectivity index (χ1n) is 9.55. The van der Waals surface area contributed by atoms with E-state index in [2.05, 4.69) is 0 Å². The summed E-state index contributed by atoms with van der Waals surface area (Å²) in [6.45, 7) is 6.22. The van der Waals surface area contributed by atoms with E-state index in [-0.39, 0.29) is 32.6 Å². The average Bonchev–Trinajstić information content (AvgIpc) is 2.99. The lowest BCUT2D eigenvalue weighted by Gasteiger charge is -2.35. The molecule has 0 radical (unpaired) electrons. The fourth-order valence-corrected chi connectivity index (χ4v) is 3.55. The van der Waals surface area contributed by atoms with E-state index in [1.54, 1.807) is 27.7 Å². The lowest BCUT2D eigenvalue weighted by molar-refractivity contribution is -0.154. The fourth-order valence-electron chi connectivity index (χ4n) is 3.55. The molecule has 8 heteroatoms. The highest BCUT2D eigenvalue weighted by Gasteiger charge is 2.63. The summed E-state index contributed by atoms with van der Waals surface area (Å²) in [4.78, 5) is 38.2. The second-order valence-corrected chi connectivity index (χ2v) is 8.50. The van der Waals surface area contributed by atoms with Gasteiger partial charge in [-0.1, -0.05) is 37.3 Å². The minimum atomic E-state index is -1.83. The molecule has 1 aliphatic heterocycles. The van der Waals surface area contributed by atoms with Crippen LogP contribution in [-0.4, -0.2) is 57.4 Å². The lowest BCUT2D eigenvalue weighted by atomic mass is 9.79. The number of carbonyl (C=O) groups is 3. The Morgan fingerprint density at radius 2 is 1.72 bits per heavy atom. The Morgan fingerprint density at radius 1 is 1.10 bits per heavy atom. The molecule has 0 spiro atoms. The Balaban J connectivity index is 2.35. The van der Waals surface area contributed by atoms with Crippen molar-refractivity contribution in [3.8, 4) is 0 Å². The predicted octanol–water partition coefficient (Wildman–Crippen LogP) is 3.15. The van der Waals surface area contributed by atoms with Gasteiger partial charge in [-0.25, -0.2) is 9.59 Å². The van der Waals surface area contributed by atoms with Crippen LogP contribution < -0.4 is 0 Å². The van der Waals surface area contributed by atoms with Gasteiger partial charge in [0.2, 0.25) is 0 Å². The number of carboxylic acid groups (broad SMARTS) is 2. The molecule has 29 heavy (non-hydrogen) atoms. The number of hydrogen-bond acceptors (Lipinski definition) is 5. The van der Waals surface area contributed by atoms with Gasteiger partial charge in [-0.3, -0.25) is 9.69 Å². The van der Waals surface area contributed by atoms with Crippen LogP contribution in [0.4, 0.5) is 4.79 Å². The molecule has 8 nitrogen and oxygen atoms in total. The van der Waals surface area contributed by atoms with Crippen LogP contribution in [-0.2, 0) is 25.7 Å². The number of nitrogens with zero attached hydrogens (tertiary/aromatic N) is 1. The van der Waals surface area contributed by atoms with E-state index in [0.29, 0.717) is 0 Å². The predicted molar refractivity (Wildman–Crippen MR) is 104 cm³/mol. The summed E-state index contributed by atoms with van der Waals surface area (Å²) in [6.07, 6.45) is -0.940. The summed E-state index contributed by atoms with van der Waals surface area (Å²) >= 11 is 0. The molecule has 0 aromatic heterocycles. The molecule has 1 aromatic rings. The number of amides is 1. The third-order valence-corrected chi connectivity index (χ3v) is 5.20. The van der Waals surface area contributed by atoms with Gasteiger partial charge in [-0.2, -0.15) is 0 Å². The van der Waals surface area contributed by atoms with Gasteiger partial charge in [0.1, 0.15) is 5.60 Å². The number of carbonyl (C=O) groups excluding carboxylic acids is 1. The van der Waals surface area contributed by atoms with Crippen molar-refractivity contribution in [1.82, 2.24) is 4.90 Å². The van der Waals surface area contributed by atoms with E-state index in [1.807, 2.05) is 30.3 Å². The van der Waals surface area contributed by atoms with Crippen molar-refractivity contribution in [2.45, 2.75) is 58.3 Å². The third kappa shape index (κ3) is 4.87. The van der Waals surface area contributed by atoms with Crippen molar-refractivity contribution >= 4 is 18.0 Å². The molecule has 0 bridgehead atoms. The van der Waals surface area contributed by atoms with E-state index in [9.17, 15) is 24.6 Å². The standard InChI is InChI=1S/C21H29NO7/c1-5-20(16(23)24)12-21(17(25)26,14-28-11-15-9-7-6-8-10-15)22(13-20)18(27)29-19(2,3)4/h6-10H,5,11-14H2,1-4H3,(H,23,24)(H,25,26). The number of likely N-dealkylation sites (tertiary alicyclic amines) is 1.